The van der Waals surface area contributed by atoms with Crippen LogP contribution in [0.3, 0.4) is 0 Å². The first-order chi connectivity index (χ1) is 17.0. The van der Waals surface area contributed by atoms with Gasteiger partial charge in [0.05, 0.1) is 17.7 Å². The molecule has 1 aliphatic heterocycles. The topological polar surface area (TPSA) is 107 Å². The van der Waals surface area contributed by atoms with E-state index in [1.54, 1.807) is 54.6 Å². The number of carbonyl (C=O) groups excluding carboxylic acids is 2. The van der Waals surface area contributed by atoms with Gasteiger partial charge in [0, 0.05) is 6.54 Å². The van der Waals surface area contributed by atoms with E-state index in [9.17, 15) is 14.9 Å². The highest BCUT2D eigenvalue weighted by atomic mass is 35.5. The van der Waals surface area contributed by atoms with Gasteiger partial charge in [0.2, 0.25) is 6.79 Å². The molecule has 0 atom stereocenters. The quantitative estimate of drug-likeness (QED) is 0.224. The predicted molar refractivity (Wildman–Crippen MR) is 127 cm³/mol. The highest BCUT2D eigenvalue weighted by Crippen LogP contribution is 2.33. The first-order valence-corrected chi connectivity index (χ1v) is 10.8. The fraction of sp³-hybridized carbons (Fsp3) is 0.115. The van der Waals surface area contributed by atoms with Crippen LogP contribution >= 0.6 is 11.6 Å². The van der Waals surface area contributed by atoms with Gasteiger partial charge < -0.3 is 24.3 Å². The number of hydrogen-bond donors (Lipinski definition) is 1. The number of amides is 1. The Hall–Kier alpha value is -4.48. The fourth-order valence-corrected chi connectivity index (χ4v) is 3.50. The molecule has 0 aliphatic carbocycles. The molecule has 9 heteroatoms. The highest BCUT2D eigenvalue weighted by molar-refractivity contribution is 6.33. The molecule has 0 bridgehead atoms. The Bertz CT molecular complexity index is 1360. The number of ether oxygens (including phenoxy) is 4. The summed E-state index contributed by atoms with van der Waals surface area (Å²) in [5, 5.41) is 12.5. The number of methoxy groups -OCH3 is 1. The Labute approximate surface area is 206 Å². The summed E-state index contributed by atoms with van der Waals surface area (Å²) in [6.07, 6.45) is 1.41. The number of carbonyl (C=O) groups is 2. The second-order valence-electron chi connectivity index (χ2n) is 7.32. The molecular formula is C26H19ClN2O6. The van der Waals surface area contributed by atoms with E-state index < -0.39 is 11.9 Å². The number of rotatable bonds is 7. The summed E-state index contributed by atoms with van der Waals surface area (Å²) in [5.41, 5.74) is 1.42. The maximum Gasteiger partial charge on any atom is 0.345 e. The molecule has 0 aromatic heterocycles. The molecule has 3 aromatic carbocycles. The number of nitrogens with zero attached hydrogens (tertiary/aromatic N) is 1. The Kier molecular flexibility index (Phi) is 7.19. The van der Waals surface area contributed by atoms with Crippen LogP contribution in [0.5, 0.6) is 23.0 Å². The Morgan fingerprint density at radius 2 is 1.89 bits per heavy atom. The third-order valence-corrected chi connectivity index (χ3v) is 5.38. The lowest BCUT2D eigenvalue weighted by Crippen LogP contribution is -2.23. The van der Waals surface area contributed by atoms with Crippen LogP contribution in [0, 0.1) is 11.3 Å². The van der Waals surface area contributed by atoms with Crippen molar-refractivity contribution < 1.29 is 28.5 Å². The molecule has 0 radical (unpaired) electrons. The SMILES string of the molecule is COc1cc(/C=C(\C#N)C(=O)NCc2ccc3c(c2)OCO3)ccc1OC(=O)c1ccccc1Cl. The monoisotopic (exact) mass is 490 g/mol. The van der Waals surface area contributed by atoms with Crippen molar-refractivity contribution in [2.75, 3.05) is 13.9 Å². The van der Waals surface area contributed by atoms with E-state index in [0.717, 1.165) is 5.56 Å². The molecule has 4 rings (SSSR count). The van der Waals surface area contributed by atoms with E-state index in [0.29, 0.717) is 17.1 Å². The standard InChI is InChI=1S/C26H19ClN2O6/c1-32-23-11-16(6-9-22(23)35-26(31)19-4-2-3-5-20(19)27)10-18(13-28)25(30)29-14-17-7-8-21-24(12-17)34-15-33-21/h2-12H,14-15H2,1H3,(H,29,30)/b18-10+. The average molecular weight is 491 g/mol. The maximum atomic E-state index is 12.6. The van der Waals surface area contributed by atoms with Gasteiger partial charge in [0.25, 0.3) is 5.91 Å². The van der Waals surface area contributed by atoms with Gasteiger partial charge in [-0.05, 0) is 53.6 Å². The first kappa shape index (κ1) is 23.7. The Balaban J connectivity index is 1.46. The zero-order chi connectivity index (χ0) is 24.8. The van der Waals surface area contributed by atoms with Gasteiger partial charge in [-0.2, -0.15) is 5.26 Å². The fourth-order valence-electron chi connectivity index (χ4n) is 3.28. The summed E-state index contributed by atoms with van der Waals surface area (Å²) in [4.78, 5) is 25.0. The maximum absolute atomic E-state index is 12.6. The summed E-state index contributed by atoms with van der Waals surface area (Å²) in [6.45, 7) is 0.364. The van der Waals surface area contributed by atoms with Crippen LogP contribution < -0.4 is 24.3 Å². The van der Waals surface area contributed by atoms with Gasteiger partial charge in [-0.1, -0.05) is 35.9 Å². The lowest BCUT2D eigenvalue weighted by Gasteiger charge is -2.11. The van der Waals surface area contributed by atoms with Crippen LogP contribution in [0.1, 0.15) is 21.5 Å². The van der Waals surface area contributed by atoms with Gasteiger partial charge >= 0.3 is 5.97 Å². The van der Waals surface area contributed by atoms with Crippen molar-refractivity contribution in [2.45, 2.75) is 6.54 Å². The van der Waals surface area contributed by atoms with Crippen LogP contribution in [0.15, 0.2) is 66.2 Å². The van der Waals surface area contributed by atoms with Crippen molar-refractivity contribution in [1.29, 1.82) is 5.26 Å². The molecule has 3 aromatic rings. The van der Waals surface area contributed by atoms with Crippen molar-refractivity contribution in [3.63, 3.8) is 0 Å². The number of halogens is 1. The van der Waals surface area contributed by atoms with E-state index in [-0.39, 0.29) is 41.0 Å². The van der Waals surface area contributed by atoms with Crippen molar-refractivity contribution in [1.82, 2.24) is 5.32 Å². The van der Waals surface area contributed by atoms with Crippen LogP contribution in [-0.4, -0.2) is 25.8 Å². The second-order valence-corrected chi connectivity index (χ2v) is 7.73. The second kappa shape index (κ2) is 10.6. The summed E-state index contributed by atoms with van der Waals surface area (Å²) in [6, 6.07) is 18.4. The van der Waals surface area contributed by atoms with Crippen LogP contribution in [0.4, 0.5) is 0 Å². The number of fused-ring (bicyclic) bond motifs is 1. The predicted octanol–water partition coefficient (Wildman–Crippen LogP) is 4.52. The largest absolute Gasteiger partial charge is 0.493 e. The molecule has 0 saturated heterocycles. The zero-order valence-electron chi connectivity index (χ0n) is 18.5. The van der Waals surface area contributed by atoms with Gasteiger partial charge in [0.1, 0.15) is 11.6 Å². The van der Waals surface area contributed by atoms with Crippen LogP contribution in [-0.2, 0) is 11.3 Å². The number of hydrogen-bond acceptors (Lipinski definition) is 7. The van der Waals surface area contributed by atoms with E-state index in [4.69, 9.17) is 30.5 Å². The summed E-state index contributed by atoms with van der Waals surface area (Å²) in [5.74, 6) is 0.483. The molecule has 0 unspecified atom stereocenters. The number of nitriles is 1. The van der Waals surface area contributed by atoms with Crippen molar-refractivity contribution in [3.8, 4) is 29.1 Å². The number of benzene rings is 3. The summed E-state index contributed by atoms with van der Waals surface area (Å²) >= 11 is 6.06. The Morgan fingerprint density at radius 3 is 2.66 bits per heavy atom. The van der Waals surface area contributed by atoms with Crippen molar-refractivity contribution in [3.05, 3.63) is 87.9 Å². The molecule has 8 nitrogen and oxygen atoms in total. The number of esters is 1. The normalized spacial score (nSPS) is 12.0. The molecule has 0 spiro atoms. The minimum atomic E-state index is -0.641. The molecule has 0 saturated carbocycles. The molecule has 1 amide bonds. The smallest absolute Gasteiger partial charge is 0.345 e. The average Bonchev–Trinajstić information content (AvgIpc) is 3.34. The molecule has 0 fully saturated rings. The molecular weight excluding hydrogens is 472 g/mol. The van der Waals surface area contributed by atoms with Crippen molar-refractivity contribution >= 4 is 29.6 Å². The van der Waals surface area contributed by atoms with Gasteiger partial charge in [-0.25, -0.2) is 4.79 Å². The van der Waals surface area contributed by atoms with E-state index >= 15 is 0 Å². The highest BCUT2D eigenvalue weighted by Gasteiger charge is 2.17. The van der Waals surface area contributed by atoms with Crippen molar-refractivity contribution in [2.24, 2.45) is 0 Å². The third kappa shape index (κ3) is 5.54. The number of nitrogens with one attached hydrogen (secondary N) is 1. The van der Waals surface area contributed by atoms with Gasteiger partial charge in [-0.15, -0.1) is 0 Å². The van der Waals surface area contributed by atoms with Gasteiger partial charge in [0.15, 0.2) is 23.0 Å². The molecule has 176 valence electrons. The van der Waals surface area contributed by atoms with Gasteiger partial charge in [-0.3, -0.25) is 4.79 Å². The minimum absolute atomic E-state index is 0.103. The first-order valence-electron chi connectivity index (χ1n) is 10.4. The lowest BCUT2D eigenvalue weighted by molar-refractivity contribution is -0.117. The third-order valence-electron chi connectivity index (χ3n) is 5.05. The molecule has 1 heterocycles. The minimum Gasteiger partial charge on any atom is -0.493 e. The summed E-state index contributed by atoms with van der Waals surface area (Å²) in [7, 11) is 1.42. The summed E-state index contributed by atoms with van der Waals surface area (Å²) < 4.78 is 21.4. The molecule has 1 aliphatic rings. The molecule has 35 heavy (non-hydrogen) atoms. The zero-order valence-corrected chi connectivity index (χ0v) is 19.3. The lowest BCUT2D eigenvalue weighted by atomic mass is 10.1. The van der Waals surface area contributed by atoms with E-state index in [1.807, 2.05) is 6.07 Å². The van der Waals surface area contributed by atoms with E-state index in [1.165, 1.54) is 19.3 Å². The Morgan fingerprint density at radius 1 is 1.09 bits per heavy atom. The van der Waals surface area contributed by atoms with Crippen LogP contribution in [0.25, 0.3) is 6.08 Å². The molecule has 1 N–H and O–H groups in total. The van der Waals surface area contributed by atoms with E-state index in [2.05, 4.69) is 5.32 Å². The van der Waals surface area contributed by atoms with Crippen LogP contribution in [0.2, 0.25) is 5.02 Å².